The van der Waals surface area contributed by atoms with E-state index in [1.165, 1.54) is 6.07 Å². The number of halogens is 1. The van der Waals surface area contributed by atoms with Crippen molar-refractivity contribution < 1.29 is 14.5 Å². The molecule has 1 unspecified atom stereocenters. The van der Waals surface area contributed by atoms with Crippen molar-refractivity contribution in [3.63, 3.8) is 0 Å². The molecule has 4 aromatic rings. The summed E-state index contributed by atoms with van der Waals surface area (Å²) in [5.74, 6) is 0.423. The van der Waals surface area contributed by atoms with E-state index >= 15 is 0 Å². The minimum Gasteiger partial charge on any atom is -0.494 e. The summed E-state index contributed by atoms with van der Waals surface area (Å²) in [5.41, 5.74) is 3.23. The fourth-order valence-corrected chi connectivity index (χ4v) is 4.55. The van der Waals surface area contributed by atoms with Gasteiger partial charge in [0.15, 0.2) is 0 Å². The topological polar surface area (TPSA) is 101 Å². The molecule has 1 aliphatic rings. The zero-order valence-electron chi connectivity index (χ0n) is 18.1. The number of aromatic amines is 1. The van der Waals surface area contributed by atoms with E-state index in [2.05, 4.69) is 26.1 Å². The number of nitrogens with one attached hydrogen (secondary N) is 1. The van der Waals surface area contributed by atoms with E-state index in [-0.39, 0.29) is 11.6 Å². The molecule has 0 saturated heterocycles. The van der Waals surface area contributed by atoms with Crippen molar-refractivity contribution in [1.29, 1.82) is 0 Å². The monoisotopic (exact) mass is 518 g/mol. The van der Waals surface area contributed by atoms with Gasteiger partial charge in [-0.25, -0.2) is 0 Å². The number of carbonyl (C=O) groups is 1. The first kappa shape index (κ1) is 21.8. The maximum absolute atomic E-state index is 13.6. The Morgan fingerprint density at radius 2 is 1.79 bits per heavy atom. The van der Waals surface area contributed by atoms with Gasteiger partial charge in [0.25, 0.3) is 11.6 Å². The average Bonchev–Trinajstić information content (AvgIpc) is 3.39. The smallest absolute Gasteiger partial charge is 0.277 e. The van der Waals surface area contributed by atoms with Crippen LogP contribution in [0.4, 0.5) is 11.4 Å². The number of benzene rings is 3. The first-order valence-corrected chi connectivity index (χ1v) is 11.4. The fraction of sp³-hybridized carbons (Fsp3) is 0.120. The highest BCUT2D eigenvalue weighted by atomic mass is 79.9. The first-order chi connectivity index (χ1) is 16.5. The Balaban J connectivity index is 1.71. The Labute approximate surface area is 203 Å². The van der Waals surface area contributed by atoms with Crippen molar-refractivity contribution in [2.75, 3.05) is 11.5 Å². The Morgan fingerprint density at radius 3 is 2.47 bits per heavy atom. The summed E-state index contributed by atoms with van der Waals surface area (Å²) in [6.07, 6.45) is 0. The number of carbonyl (C=O) groups excluding carboxylic acids is 1. The molecule has 0 saturated carbocycles. The Hall–Kier alpha value is -3.98. The number of amides is 1. The number of nitro benzene ring substituents is 1. The van der Waals surface area contributed by atoms with Crippen LogP contribution >= 0.6 is 15.9 Å². The van der Waals surface area contributed by atoms with Gasteiger partial charge in [-0.15, -0.1) is 0 Å². The maximum Gasteiger partial charge on any atom is 0.277 e. The number of fused-ring (bicyclic) bond motifs is 1. The summed E-state index contributed by atoms with van der Waals surface area (Å²) in [7, 11) is 0. The summed E-state index contributed by atoms with van der Waals surface area (Å²) in [5, 5.41) is 19.2. The van der Waals surface area contributed by atoms with Crippen LogP contribution in [-0.2, 0) is 0 Å². The molecule has 1 amide bonds. The molecule has 170 valence electrons. The molecular formula is C25H19BrN4O4. The fourth-order valence-electron chi connectivity index (χ4n) is 4.29. The number of nitrogens with zero attached hydrogens (tertiary/aromatic N) is 3. The van der Waals surface area contributed by atoms with Crippen molar-refractivity contribution in [2.24, 2.45) is 0 Å². The average molecular weight is 519 g/mol. The van der Waals surface area contributed by atoms with Gasteiger partial charge in [0.2, 0.25) is 0 Å². The lowest BCUT2D eigenvalue weighted by Crippen LogP contribution is -2.29. The molecule has 1 aromatic heterocycles. The molecule has 1 aliphatic heterocycles. The Morgan fingerprint density at radius 1 is 1.09 bits per heavy atom. The molecule has 0 bridgehead atoms. The van der Waals surface area contributed by atoms with Gasteiger partial charge >= 0.3 is 0 Å². The summed E-state index contributed by atoms with van der Waals surface area (Å²) in [6.45, 7) is 2.46. The quantitative estimate of drug-likeness (QED) is 0.253. The van der Waals surface area contributed by atoms with Gasteiger partial charge in [-0.3, -0.25) is 24.9 Å². The van der Waals surface area contributed by atoms with E-state index in [0.717, 1.165) is 15.8 Å². The third-order valence-electron chi connectivity index (χ3n) is 5.74. The highest BCUT2D eigenvalue weighted by Crippen LogP contribution is 2.47. The van der Waals surface area contributed by atoms with Crippen molar-refractivity contribution in [3.8, 4) is 17.0 Å². The van der Waals surface area contributed by atoms with Crippen LogP contribution in [-0.4, -0.2) is 27.6 Å². The lowest BCUT2D eigenvalue weighted by molar-refractivity contribution is -0.385. The van der Waals surface area contributed by atoms with E-state index in [9.17, 15) is 14.9 Å². The number of H-pyrrole nitrogens is 1. The molecule has 8 nitrogen and oxygen atoms in total. The van der Waals surface area contributed by atoms with Crippen LogP contribution in [0.5, 0.6) is 5.75 Å². The molecule has 3 aromatic carbocycles. The van der Waals surface area contributed by atoms with E-state index in [1.807, 2.05) is 43.3 Å². The number of rotatable bonds is 6. The summed E-state index contributed by atoms with van der Waals surface area (Å²) < 4.78 is 6.40. The van der Waals surface area contributed by atoms with E-state index in [1.54, 1.807) is 35.2 Å². The standard InChI is InChI=1S/C25H19BrN4O4/c1-2-34-18-13-7-15(8-14-18)22-21-23(28-27-22)25(31)29(17-11-9-16(26)10-12-17)24(21)19-5-3-4-6-20(19)30(32)33/h3-14,24H,2H2,1H3,(H,27,28). The zero-order valence-corrected chi connectivity index (χ0v) is 19.7. The second kappa shape index (κ2) is 8.75. The zero-order chi connectivity index (χ0) is 23.8. The largest absolute Gasteiger partial charge is 0.494 e. The molecule has 5 rings (SSSR count). The Bertz CT molecular complexity index is 1380. The second-order valence-corrected chi connectivity index (χ2v) is 8.60. The lowest BCUT2D eigenvalue weighted by Gasteiger charge is -2.26. The minimum atomic E-state index is -0.731. The molecule has 34 heavy (non-hydrogen) atoms. The third-order valence-corrected chi connectivity index (χ3v) is 6.27. The van der Waals surface area contributed by atoms with Crippen LogP contribution in [0.2, 0.25) is 0 Å². The van der Waals surface area contributed by atoms with Crippen LogP contribution in [0.15, 0.2) is 77.3 Å². The number of hydrogen-bond donors (Lipinski definition) is 1. The number of para-hydroxylation sites is 1. The minimum absolute atomic E-state index is 0.0610. The van der Waals surface area contributed by atoms with Gasteiger partial charge in [-0.2, -0.15) is 5.10 Å². The Kier molecular flexibility index (Phi) is 5.62. The molecule has 0 aliphatic carbocycles. The summed E-state index contributed by atoms with van der Waals surface area (Å²) in [4.78, 5) is 26.7. The van der Waals surface area contributed by atoms with Crippen molar-refractivity contribution in [3.05, 3.63) is 104 Å². The molecule has 2 heterocycles. The number of aromatic nitrogens is 2. The molecule has 0 radical (unpaired) electrons. The van der Waals surface area contributed by atoms with Crippen molar-refractivity contribution in [1.82, 2.24) is 10.2 Å². The normalized spacial score (nSPS) is 14.8. The van der Waals surface area contributed by atoms with E-state index in [4.69, 9.17) is 4.74 Å². The number of nitro groups is 1. The highest BCUT2D eigenvalue weighted by Gasteiger charge is 2.45. The van der Waals surface area contributed by atoms with Gasteiger partial charge in [0, 0.05) is 27.4 Å². The predicted octanol–water partition coefficient (Wildman–Crippen LogP) is 5.90. The van der Waals surface area contributed by atoms with Gasteiger partial charge in [-0.05, 0) is 61.5 Å². The summed E-state index contributed by atoms with van der Waals surface area (Å²) >= 11 is 3.42. The third kappa shape index (κ3) is 3.63. The van der Waals surface area contributed by atoms with Crippen LogP contribution in [0, 0.1) is 10.1 Å². The molecular weight excluding hydrogens is 500 g/mol. The second-order valence-electron chi connectivity index (χ2n) is 7.69. The first-order valence-electron chi connectivity index (χ1n) is 10.6. The van der Waals surface area contributed by atoms with Gasteiger partial charge < -0.3 is 4.74 Å². The van der Waals surface area contributed by atoms with Crippen molar-refractivity contribution >= 4 is 33.2 Å². The number of ether oxygens (including phenoxy) is 1. The van der Waals surface area contributed by atoms with Crippen LogP contribution in [0.25, 0.3) is 11.3 Å². The van der Waals surface area contributed by atoms with E-state index < -0.39 is 11.0 Å². The molecule has 9 heteroatoms. The van der Waals surface area contributed by atoms with Crippen LogP contribution < -0.4 is 9.64 Å². The summed E-state index contributed by atoms with van der Waals surface area (Å²) in [6, 6.07) is 20.4. The molecule has 0 fully saturated rings. The maximum atomic E-state index is 13.6. The lowest BCUT2D eigenvalue weighted by atomic mass is 9.94. The highest BCUT2D eigenvalue weighted by molar-refractivity contribution is 9.10. The number of hydrogen-bond acceptors (Lipinski definition) is 5. The van der Waals surface area contributed by atoms with Gasteiger partial charge in [0.1, 0.15) is 11.4 Å². The van der Waals surface area contributed by atoms with Crippen molar-refractivity contribution in [2.45, 2.75) is 13.0 Å². The molecule has 0 spiro atoms. The van der Waals surface area contributed by atoms with Gasteiger partial charge in [0.05, 0.1) is 28.8 Å². The number of anilines is 1. The molecule has 1 N–H and O–H groups in total. The van der Waals surface area contributed by atoms with Gasteiger partial charge in [-0.1, -0.05) is 28.1 Å². The van der Waals surface area contributed by atoms with Crippen LogP contribution in [0.1, 0.15) is 34.6 Å². The van der Waals surface area contributed by atoms with Crippen LogP contribution in [0.3, 0.4) is 0 Å². The van der Waals surface area contributed by atoms with E-state index in [0.29, 0.717) is 34.8 Å². The molecule has 1 atom stereocenters. The predicted molar refractivity (Wildman–Crippen MR) is 131 cm³/mol. The SMILES string of the molecule is CCOc1ccc(-c2n[nH]c3c2C(c2ccccc2[N+](=O)[O-])N(c2ccc(Br)cc2)C3=O)cc1.